The first-order chi connectivity index (χ1) is 17.9. The number of ether oxygens (including phenoxy) is 1. The lowest BCUT2D eigenvalue weighted by Gasteiger charge is -2.32. The molecule has 2 heterocycles. The van der Waals surface area contributed by atoms with Crippen molar-refractivity contribution in [3.8, 4) is 11.5 Å². The van der Waals surface area contributed by atoms with E-state index in [9.17, 15) is 23.4 Å². The minimum absolute atomic E-state index is 0.0240. The Hall–Kier alpha value is -4.06. The molecule has 1 atom stereocenters. The minimum Gasteiger partial charge on any atom is -0.507 e. The highest BCUT2D eigenvalue weighted by Gasteiger charge is 2.38. The van der Waals surface area contributed by atoms with Crippen LogP contribution in [-0.4, -0.2) is 72.2 Å². The highest BCUT2D eigenvalue weighted by Crippen LogP contribution is 2.38. The lowest BCUT2D eigenvalue weighted by molar-refractivity contribution is -0.134. The molecule has 4 rings (SSSR count). The summed E-state index contributed by atoms with van der Waals surface area (Å²) in [6.45, 7) is 3.23. The van der Waals surface area contributed by atoms with Crippen molar-refractivity contribution in [2.75, 3.05) is 23.1 Å². The number of phenols is 1. The number of aliphatic carboxylic acids is 1. The molecule has 1 fully saturated rings. The van der Waals surface area contributed by atoms with Crippen molar-refractivity contribution in [3.63, 3.8) is 0 Å². The van der Waals surface area contributed by atoms with Crippen molar-refractivity contribution < 1.29 is 28.2 Å². The summed E-state index contributed by atoms with van der Waals surface area (Å²) >= 11 is 0. The van der Waals surface area contributed by atoms with Crippen molar-refractivity contribution in [1.82, 2.24) is 4.90 Å². The second-order valence-electron chi connectivity index (χ2n) is 9.44. The minimum atomic E-state index is -4.21. The molecule has 12 heteroatoms. The van der Waals surface area contributed by atoms with E-state index in [1.165, 1.54) is 24.3 Å². The number of fused-ring (bicyclic) bond motifs is 1. The molecule has 0 aromatic heterocycles. The second kappa shape index (κ2) is 10.7. The van der Waals surface area contributed by atoms with E-state index in [1.807, 2.05) is 4.90 Å². The summed E-state index contributed by atoms with van der Waals surface area (Å²) in [7, 11) is -4.21. The number of hydrogen-bond acceptors (Lipinski definition) is 7. The van der Waals surface area contributed by atoms with Gasteiger partial charge in [0.2, 0.25) is 10.0 Å². The van der Waals surface area contributed by atoms with Crippen molar-refractivity contribution in [2.45, 2.75) is 38.3 Å². The Morgan fingerprint density at radius 1 is 1.18 bits per heavy atom. The van der Waals surface area contributed by atoms with E-state index in [2.05, 4.69) is 0 Å². The number of likely N-dealkylation sites (tertiary alicyclic amines) is 1. The molecule has 6 N–H and O–H groups in total. The van der Waals surface area contributed by atoms with E-state index in [0.29, 0.717) is 34.0 Å². The van der Waals surface area contributed by atoms with Gasteiger partial charge in [0.25, 0.3) is 0 Å². The third-order valence-electron chi connectivity index (χ3n) is 6.68. The fraction of sp³-hybridized carbons (Fsp3) is 0.346. The zero-order valence-corrected chi connectivity index (χ0v) is 21.7. The van der Waals surface area contributed by atoms with E-state index >= 15 is 0 Å². The molecule has 1 unspecified atom stereocenters. The van der Waals surface area contributed by atoms with Gasteiger partial charge in [0.05, 0.1) is 17.6 Å². The van der Waals surface area contributed by atoms with Gasteiger partial charge in [-0.05, 0) is 55.3 Å². The van der Waals surface area contributed by atoms with Crippen LogP contribution in [0.4, 0.5) is 5.69 Å². The first-order valence-electron chi connectivity index (χ1n) is 12.1. The largest absolute Gasteiger partial charge is 0.507 e. The summed E-state index contributed by atoms with van der Waals surface area (Å²) in [5.74, 6) is -1.64. The first kappa shape index (κ1) is 27.0. The van der Waals surface area contributed by atoms with Crippen molar-refractivity contribution >= 4 is 39.4 Å². The molecule has 0 amide bonds. The first-order valence-corrected chi connectivity index (χ1v) is 13.7. The van der Waals surface area contributed by atoms with Crippen LogP contribution in [0.2, 0.25) is 0 Å². The molecule has 0 aliphatic carbocycles. The van der Waals surface area contributed by atoms with Gasteiger partial charge in [-0.2, -0.15) is 0 Å². The Kier molecular flexibility index (Phi) is 7.63. The topological polar surface area (TPSA) is 181 Å². The number of rotatable bonds is 8. The van der Waals surface area contributed by atoms with Crippen LogP contribution in [0.5, 0.6) is 11.5 Å². The number of anilines is 1. The third-order valence-corrected chi connectivity index (χ3v) is 8.36. The zero-order valence-electron chi connectivity index (χ0n) is 20.9. The molecule has 202 valence electrons. The number of piperidine rings is 1. The number of sulfonamides is 1. The fourth-order valence-corrected chi connectivity index (χ4v) is 6.29. The molecule has 0 bridgehead atoms. The van der Waals surface area contributed by atoms with E-state index < -0.39 is 27.8 Å². The molecule has 0 radical (unpaired) electrons. The van der Waals surface area contributed by atoms with Gasteiger partial charge in [0, 0.05) is 37.1 Å². The van der Waals surface area contributed by atoms with Gasteiger partial charge in [-0.15, -0.1) is 0 Å². The number of nitrogen functional groups attached to an aromatic ring is 1. The zero-order chi connectivity index (χ0) is 27.6. The number of hydrogen-bond donors (Lipinski definition) is 5. The highest BCUT2D eigenvalue weighted by molar-refractivity contribution is 7.93. The fourth-order valence-electron chi connectivity index (χ4n) is 4.80. The number of amidine groups is 2. The van der Waals surface area contributed by atoms with Crippen LogP contribution in [0.1, 0.15) is 36.5 Å². The standard InChI is InChI=1S/C26H31N5O6S/c1-16(27)30-10-8-21(9-11-30)37-22-5-6-23-19(14-22)13-20(31(23)38(35,36)15-25(33)34)4-2-17-12-18(26(28)29)3-7-24(17)32/h2-7,12,14,20-21,27,32H,8-11,13,15H2,1H3,(H3,28,29)(H,33,34)/b4-2+,27-16?. The van der Waals surface area contributed by atoms with Gasteiger partial charge in [-0.1, -0.05) is 12.2 Å². The number of aromatic hydroxyl groups is 1. The summed E-state index contributed by atoms with van der Waals surface area (Å²) < 4.78 is 33.5. The summed E-state index contributed by atoms with van der Waals surface area (Å²) in [5.41, 5.74) is 7.37. The van der Waals surface area contributed by atoms with Gasteiger partial charge in [-0.3, -0.25) is 19.9 Å². The molecule has 0 saturated carbocycles. The van der Waals surface area contributed by atoms with Crippen LogP contribution in [0.15, 0.2) is 42.5 Å². The predicted octanol–water partition coefficient (Wildman–Crippen LogP) is 2.38. The van der Waals surface area contributed by atoms with E-state index in [1.54, 1.807) is 31.2 Å². The summed E-state index contributed by atoms with van der Waals surface area (Å²) in [6, 6.07) is 8.78. The average Bonchev–Trinajstić information content (AvgIpc) is 3.21. The van der Waals surface area contributed by atoms with Gasteiger partial charge in [0.1, 0.15) is 23.4 Å². The molecule has 38 heavy (non-hydrogen) atoms. The smallest absolute Gasteiger partial charge is 0.320 e. The number of carbonyl (C=O) groups is 1. The Labute approximate surface area is 221 Å². The van der Waals surface area contributed by atoms with Crippen LogP contribution in [0.25, 0.3) is 6.08 Å². The summed E-state index contributed by atoms with van der Waals surface area (Å²) in [4.78, 5) is 13.3. The number of carboxylic acids is 1. The number of nitrogens with zero attached hydrogens (tertiary/aromatic N) is 2. The van der Waals surface area contributed by atoms with Crippen LogP contribution in [0, 0.1) is 10.8 Å². The molecule has 2 aliphatic heterocycles. The van der Waals surface area contributed by atoms with E-state index in [4.69, 9.17) is 21.3 Å². The van der Waals surface area contributed by atoms with Gasteiger partial charge in [0.15, 0.2) is 5.75 Å². The van der Waals surface area contributed by atoms with Crippen LogP contribution < -0.4 is 14.8 Å². The SMILES string of the molecule is CC(=N)N1CCC(Oc2ccc3c(c2)CC(/C=C/c2cc(C(=N)N)ccc2O)N3S(=O)(=O)CC(=O)O)CC1. The molecule has 2 aromatic rings. The van der Waals surface area contributed by atoms with Crippen LogP contribution in [-0.2, 0) is 21.2 Å². The average molecular weight is 542 g/mol. The molecular formula is C26H31N5O6S. The lowest BCUT2D eigenvalue weighted by Crippen LogP contribution is -2.40. The number of carboxylic acid groups (broad SMARTS) is 1. The molecular weight excluding hydrogens is 510 g/mol. The highest BCUT2D eigenvalue weighted by atomic mass is 32.2. The maximum absolute atomic E-state index is 13.1. The van der Waals surface area contributed by atoms with Gasteiger partial charge in [-0.25, -0.2) is 8.42 Å². The summed E-state index contributed by atoms with van der Waals surface area (Å²) in [5, 5.41) is 34.9. The Morgan fingerprint density at radius 3 is 2.53 bits per heavy atom. The third kappa shape index (κ3) is 5.91. The maximum Gasteiger partial charge on any atom is 0.320 e. The number of phenolic OH excluding ortho intramolecular Hbond substituents is 1. The quantitative estimate of drug-likeness (QED) is 0.249. The number of nitrogens with one attached hydrogen (secondary N) is 2. The van der Waals surface area contributed by atoms with Crippen LogP contribution >= 0.6 is 0 Å². The molecule has 2 aromatic carbocycles. The van der Waals surface area contributed by atoms with Gasteiger partial charge < -0.3 is 25.6 Å². The lowest BCUT2D eigenvalue weighted by atomic mass is 10.1. The van der Waals surface area contributed by atoms with Crippen molar-refractivity contribution in [3.05, 3.63) is 59.2 Å². The van der Waals surface area contributed by atoms with Crippen molar-refractivity contribution in [1.29, 1.82) is 10.8 Å². The van der Waals surface area contributed by atoms with E-state index in [-0.39, 0.29) is 24.1 Å². The number of nitrogens with two attached hydrogens (primary N) is 1. The number of benzene rings is 2. The second-order valence-corrected chi connectivity index (χ2v) is 11.3. The Balaban J connectivity index is 1.60. The monoisotopic (exact) mass is 541 g/mol. The maximum atomic E-state index is 13.1. The Morgan fingerprint density at radius 2 is 1.89 bits per heavy atom. The van der Waals surface area contributed by atoms with Crippen LogP contribution in [0.3, 0.4) is 0 Å². The Bertz CT molecular complexity index is 1400. The molecule has 1 saturated heterocycles. The normalized spacial score (nSPS) is 18.0. The molecule has 11 nitrogen and oxygen atoms in total. The van der Waals surface area contributed by atoms with Gasteiger partial charge >= 0.3 is 5.97 Å². The molecule has 2 aliphatic rings. The van der Waals surface area contributed by atoms with Crippen molar-refractivity contribution in [2.24, 2.45) is 5.73 Å². The summed E-state index contributed by atoms with van der Waals surface area (Å²) in [6.07, 6.45) is 4.91. The van der Waals surface area contributed by atoms with E-state index in [0.717, 1.165) is 30.2 Å². The predicted molar refractivity (Wildman–Crippen MR) is 145 cm³/mol. The molecule has 0 spiro atoms.